The van der Waals surface area contributed by atoms with Gasteiger partial charge in [0.1, 0.15) is 6.61 Å². The number of unbranched alkanes of at least 4 members (excludes halogenated alkanes) is 40. The standard InChI is InChI=1S/C63H118O5/c1-4-7-10-13-16-19-22-25-27-29-31-33-35-37-40-43-46-49-52-55-58-66-59-61(68-63(65)57-54-51-48-45-42-38-24-21-18-15-12-9-6-3)60-67-62(64)56-53-50-47-44-41-39-36-34-32-30-28-26-23-20-17-14-11-8-5-2/h12,15,21,24,26,28,61H,4-11,13-14,16-20,22-23,25,27,29-60H2,1-3H3/b15-12-,24-21-,28-26-. The highest BCUT2D eigenvalue weighted by Crippen LogP contribution is 2.17. The number of hydrogen-bond acceptors (Lipinski definition) is 5. The number of allylic oxidation sites excluding steroid dienone is 6. The molecule has 0 aliphatic rings. The average Bonchev–Trinajstić information content (AvgIpc) is 3.34. The topological polar surface area (TPSA) is 61.8 Å². The molecule has 68 heavy (non-hydrogen) atoms. The Hall–Kier alpha value is -1.88. The Morgan fingerprint density at radius 3 is 1.04 bits per heavy atom. The van der Waals surface area contributed by atoms with Crippen LogP contribution in [0.5, 0.6) is 0 Å². The van der Waals surface area contributed by atoms with Crippen LogP contribution in [0.4, 0.5) is 0 Å². The zero-order valence-corrected chi connectivity index (χ0v) is 46.1. The number of ether oxygens (including phenoxy) is 3. The third-order valence-corrected chi connectivity index (χ3v) is 13.6. The fraction of sp³-hybridized carbons (Fsp3) is 0.873. The van der Waals surface area contributed by atoms with E-state index in [9.17, 15) is 9.59 Å². The van der Waals surface area contributed by atoms with Crippen LogP contribution in [0, 0.1) is 0 Å². The van der Waals surface area contributed by atoms with Crippen LogP contribution >= 0.6 is 0 Å². The van der Waals surface area contributed by atoms with Gasteiger partial charge in [-0.1, -0.05) is 282 Å². The molecular weight excluding hydrogens is 837 g/mol. The molecule has 0 amide bonds. The van der Waals surface area contributed by atoms with Gasteiger partial charge in [0.15, 0.2) is 6.10 Å². The molecular formula is C63H118O5. The van der Waals surface area contributed by atoms with Crippen LogP contribution in [-0.4, -0.2) is 37.9 Å². The second kappa shape index (κ2) is 59.4. The van der Waals surface area contributed by atoms with E-state index in [1.54, 1.807) is 0 Å². The summed E-state index contributed by atoms with van der Waals surface area (Å²) >= 11 is 0. The maximum absolute atomic E-state index is 12.8. The fourth-order valence-corrected chi connectivity index (χ4v) is 9.08. The molecule has 0 aromatic rings. The highest BCUT2D eigenvalue weighted by atomic mass is 16.6. The quantitative estimate of drug-likeness (QED) is 0.0345. The van der Waals surface area contributed by atoms with E-state index in [1.807, 2.05) is 0 Å². The van der Waals surface area contributed by atoms with Gasteiger partial charge in [-0.3, -0.25) is 9.59 Å². The highest BCUT2D eigenvalue weighted by Gasteiger charge is 2.17. The molecule has 0 N–H and O–H groups in total. The van der Waals surface area contributed by atoms with Crippen LogP contribution in [0.1, 0.15) is 329 Å². The molecule has 0 aromatic carbocycles. The third-order valence-electron chi connectivity index (χ3n) is 13.6. The van der Waals surface area contributed by atoms with E-state index in [4.69, 9.17) is 14.2 Å². The van der Waals surface area contributed by atoms with E-state index < -0.39 is 6.10 Å². The van der Waals surface area contributed by atoms with Crippen LogP contribution in [0.15, 0.2) is 36.5 Å². The van der Waals surface area contributed by atoms with Gasteiger partial charge in [-0.2, -0.15) is 0 Å². The van der Waals surface area contributed by atoms with Gasteiger partial charge in [0.05, 0.1) is 6.61 Å². The van der Waals surface area contributed by atoms with Crippen molar-refractivity contribution in [2.45, 2.75) is 335 Å². The Morgan fingerprint density at radius 2 is 0.647 bits per heavy atom. The predicted molar refractivity (Wildman–Crippen MR) is 298 cm³/mol. The van der Waals surface area contributed by atoms with Crippen molar-refractivity contribution in [3.8, 4) is 0 Å². The van der Waals surface area contributed by atoms with Crippen molar-refractivity contribution in [2.75, 3.05) is 19.8 Å². The number of rotatable bonds is 57. The molecule has 5 heteroatoms. The van der Waals surface area contributed by atoms with Crippen molar-refractivity contribution >= 4 is 11.9 Å². The summed E-state index contributed by atoms with van der Waals surface area (Å²) in [5.74, 6) is -0.396. The van der Waals surface area contributed by atoms with Gasteiger partial charge in [-0.15, -0.1) is 0 Å². The fourth-order valence-electron chi connectivity index (χ4n) is 9.08. The summed E-state index contributed by atoms with van der Waals surface area (Å²) in [6.45, 7) is 7.81. The van der Waals surface area contributed by atoms with Crippen molar-refractivity contribution in [3.63, 3.8) is 0 Å². The van der Waals surface area contributed by atoms with Crippen LogP contribution in [0.3, 0.4) is 0 Å². The van der Waals surface area contributed by atoms with Crippen molar-refractivity contribution in [1.29, 1.82) is 0 Å². The molecule has 0 saturated heterocycles. The molecule has 0 aromatic heterocycles. The summed E-state index contributed by atoms with van der Waals surface area (Å²) in [7, 11) is 0. The second-order valence-electron chi connectivity index (χ2n) is 20.6. The number of carbonyl (C=O) groups excluding carboxylic acids is 2. The van der Waals surface area contributed by atoms with Crippen molar-refractivity contribution in [3.05, 3.63) is 36.5 Å². The van der Waals surface area contributed by atoms with Crippen LogP contribution in [0.2, 0.25) is 0 Å². The monoisotopic (exact) mass is 955 g/mol. The Bertz CT molecular complexity index is 1080. The van der Waals surface area contributed by atoms with Gasteiger partial charge < -0.3 is 14.2 Å². The van der Waals surface area contributed by atoms with Crippen LogP contribution in [0.25, 0.3) is 0 Å². The molecule has 0 rings (SSSR count). The lowest BCUT2D eigenvalue weighted by Gasteiger charge is -2.18. The molecule has 400 valence electrons. The largest absolute Gasteiger partial charge is 0.462 e. The summed E-state index contributed by atoms with van der Waals surface area (Å²) in [6.07, 6.45) is 73.2. The number of hydrogen-bond donors (Lipinski definition) is 0. The Kier molecular flexibility index (Phi) is 57.8. The molecule has 0 saturated carbocycles. The summed E-state index contributed by atoms with van der Waals surface area (Å²) in [5.41, 5.74) is 0. The maximum Gasteiger partial charge on any atom is 0.306 e. The lowest BCUT2D eigenvalue weighted by atomic mass is 10.0. The molecule has 0 radical (unpaired) electrons. The highest BCUT2D eigenvalue weighted by molar-refractivity contribution is 5.70. The molecule has 5 nitrogen and oxygen atoms in total. The Morgan fingerprint density at radius 1 is 0.324 bits per heavy atom. The van der Waals surface area contributed by atoms with Crippen molar-refractivity contribution in [2.24, 2.45) is 0 Å². The second-order valence-corrected chi connectivity index (χ2v) is 20.6. The Balaban J connectivity index is 4.19. The van der Waals surface area contributed by atoms with Gasteiger partial charge in [0, 0.05) is 19.4 Å². The first-order valence-corrected chi connectivity index (χ1v) is 30.5. The smallest absolute Gasteiger partial charge is 0.306 e. The van der Waals surface area contributed by atoms with Gasteiger partial charge in [-0.05, 0) is 70.6 Å². The lowest BCUT2D eigenvalue weighted by Crippen LogP contribution is -2.30. The first-order chi connectivity index (χ1) is 33.6. The van der Waals surface area contributed by atoms with Crippen LogP contribution in [-0.2, 0) is 23.8 Å². The molecule has 0 aliphatic carbocycles. The van der Waals surface area contributed by atoms with Gasteiger partial charge in [0.2, 0.25) is 0 Å². The Labute approximate surface area is 425 Å². The number of carbonyl (C=O) groups is 2. The predicted octanol–water partition coefficient (Wildman–Crippen LogP) is 20.9. The average molecular weight is 956 g/mol. The first-order valence-electron chi connectivity index (χ1n) is 30.5. The zero-order valence-electron chi connectivity index (χ0n) is 46.1. The van der Waals surface area contributed by atoms with E-state index in [2.05, 4.69) is 57.2 Å². The van der Waals surface area contributed by atoms with Crippen molar-refractivity contribution < 1.29 is 23.8 Å². The van der Waals surface area contributed by atoms with Gasteiger partial charge in [0.25, 0.3) is 0 Å². The SMILES string of the molecule is CCC/C=C\C/C=C\CCCCCCCC(=O)OC(COCCCCCCCCCCCCCCCCCCCCCC)COC(=O)CCCCCCCCCCC/C=C\CCCCCCCC. The summed E-state index contributed by atoms with van der Waals surface area (Å²) < 4.78 is 17.5. The minimum Gasteiger partial charge on any atom is -0.462 e. The molecule has 0 aliphatic heterocycles. The van der Waals surface area contributed by atoms with Crippen LogP contribution < -0.4 is 0 Å². The minimum atomic E-state index is -0.540. The molecule has 1 atom stereocenters. The molecule has 0 spiro atoms. The minimum absolute atomic E-state index is 0.0840. The first kappa shape index (κ1) is 66.1. The van der Waals surface area contributed by atoms with Gasteiger partial charge in [-0.25, -0.2) is 0 Å². The normalized spacial score (nSPS) is 12.3. The molecule has 0 heterocycles. The maximum atomic E-state index is 12.8. The summed E-state index contributed by atoms with van der Waals surface area (Å²) in [4.78, 5) is 25.5. The molecule has 0 bridgehead atoms. The summed E-state index contributed by atoms with van der Waals surface area (Å²) in [6, 6.07) is 0. The van der Waals surface area contributed by atoms with Gasteiger partial charge >= 0.3 is 11.9 Å². The zero-order chi connectivity index (χ0) is 49.2. The van der Waals surface area contributed by atoms with E-state index in [0.29, 0.717) is 19.4 Å². The van der Waals surface area contributed by atoms with E-state index in [-0.39, 0.29) is 25.2 Å². The van der Waals surface area contributed by atoms with E-state index in [0.717, 1.165) is 51.4 Å². The lowest BCUT2D eigenvalue weighted by molar-refractivity contribution is -0.163. The van der Waals surface area contributed by atoms with Crippen molar-refractivity contribution in [1.82, 2.24) is 0 Å². The van der Waals surface area contributed by atoms with E-state index in [1.165, 1.54) is 244 Å². The molecule has 1 unspecified atom stereocenters. The summed E-state index contributed by atoms with van der Waals surface area (Å²) in [5, 5.41) is 0. The van der Waals surface area contributed by atoms with E-state index >= 15 is 0 Å². The number of esters is 2. The third kappa shape index (κ3) is 56.7. The molecule has 0 fully saturated rings.